The maximum atomic E-state index is 16.4. The van der Waals surface area contributed by atoms with Gasteiger partial charge < -0.3 is 39.6 Å². The van der Waals surface area contributed by atoms with Crippen molar-refractivity contribution in [1.82, 2.24) is 34.9 Å². The van der Waals surface area contributed by atoms with Gasteiger partial charge in [0.1, 0.15) is 22.8 Å². The number of nitrogen functional groups attached to an aromatic ring is 1. The largest absolute Gasteiger partial charge is 0.507 e. The SMILES string of the molecule is COc1c(N2CCC(=O)NC2=O)cnc2c1ccn2C1CCN(CC2(F)CCN(C(=O)c3ccc([C@H]4C[C@@H](OC)CN(c5cc(-c6ccccc6O)nnc5N)C4)cc3)CC2)CC1. The molecule has 2 atom stereocenters. The van der Waals surface area contributed by atoms with E-state index in [-0.39, 0.29) is 61.4 Å². The van der Waals surface area contributed by atoms with Crippen molar-refractivity contribution in [1.29, 1.82) is 0 Å². The fraction of sp³-hybridized carbons (Fsp3) is 0.435. The number of benzene rings is 2. The summed E-state index contributed by atoms with van der Waals surface area (Å²) in [6, 6.07) is 18.2. The summed E-state index contributed by atoms with van der Waals surface area (Å²) in [5.41, 5.74) is 9.69. The van der Waals surface area contributed by atoms with Gasteiger partial charge >= 0.3 is 6.03 Å². The number of likely N-dealkylation sites (tertiary alicyclic amines) is 2. The summed E-state index contributed by atoms with van der Waals surface area (Å²) in [5, 5.41) is 22.0. The Hall–Kier alpha value is -6.33. The number of hydrogen-bond acceptors (Lipinski definition) is 12. The highest BCUT2D eigenvalue weighted by atomic mass is 19.1. The lowest BCUT2D eigenvalue weighted by Crippen LogP contribution is -2.51. The second-order valence-corrected chi connectivity index (χ2v) is 17.2. The molecule has 5 aromatic rings. The molecule has 330 valence electrons. The van der Waals surface area contributed by atoms with Crippen LogP contribution in [0.1, 0.15) is 66.4 Å². The molecule has 4 saturated heterocycles. The van der Waals surface area contributed by atoms with E-state index in [2.05, 4.69) is 29.9 Å². The van der Waals surface area contributed by atoms with Crippen molar-refractivity contribution in [3.63, 3.8) is 0 Å². The van der Waals surface area contributed by atoms with Crippen molar-refractivity contribution < 1.29 is 33.4 Å². The lowest BCUT2D eigenvalue weighted by molar-refractivity contribution is -0.120. The number of carbonyl (C=O) groups excluding carboxylic acids is 3. The van der Waals surface area contributed by atoms with Crippen molar-refractivity contribution in [2.75, 3.05) is 82.1 Å². The van der Waals surface area contributed by atoms with E-state index in [0.717, 1.165) is 48.9 Å². The number of urea groups is 1. The molecule has 0 radical (unpaired) electrons. The first-order chi connectivity index (χ1) is 30.5. The summed E-state index contributed by atoms with van der Waals surface area (Å²) < 4.78 is 30.2. The number of para-hydroxylation sites is 1. The number of rotatable bonds is 10. The van der Waals surface area contributed by atoms with Gasteiger partial charge in [-0.25, -0.2) is 14.2 Å². The lowest BCUT2D eigenvalue weighted by Gasteiger charge is -2.41. The van der Waals surface area contributed by atoms with Crippen LogP contribution in [-0.2, 0) is 9.53 Å². The van der Waals surface area contributed by atoms with Gasteiger partial charge in [-0.15, -0.1) is 10.2 Å². The molecule has 0 spiro atoms. The number of phenolic OH excluding ortho intramolecular Hbond substituents is 1. The second-order valence-electron chi connectivity index (χ2n) is 17.2. The van der Waals surface area contributed by atoms with Crippen LogP contribution in [0.25, 0.3) is 22.3 Å². The van der Waals surface area contributed by atoms with Crippen LogP contribution in [0, 0.1) is 0 Å². The van der Waals surface area contributed by atoms with Gasteiger partial charge in [0.2, 0.25) is 5.91 Å². The summed E-state index contributed by atoms with van der Waals surface area (Å²) in [6.45, 7) is 4.01. The van der Waals surface area contributed by atoms with Gasteiger partial charge in [-0.2, -0.15) is 0 Å². The number of phenols is 1. The summed E-state index contributed by atoms with van der Waals surface area (Å²) in [4.78, 5) is 50.3. The highest BCUT2D eigenvalue weighted by Crippen LogP contribution is 2.40. The second kappa shape index (κ2) is 17.4. The molecule has 7 heterocycles. The van der Waals surface area contributed by atoms with Gasteiger partial charge in [0.05, 0.1) is 36.2 Å². The Morgan fingerprint density at radius 3 is 2.44 bits per heavy atom. The third-order valence-electron chi connectivity index (χ3n) is 13.3. The minimum absolute atomic E-state index is 0.0732. The van der Waals surface area contributed by atoms with E-state index in [0.29, 0.717) is 72.5 Å². The Morgan fingerprint density at radius 1 is 0.968 bits per heavy atom. The zero-order valence-corrected chi connectivity index (χ0v) is 35.6. The number of fused-ring (bicyclic) bond motifs is 1. The smallest absolute Gasteiger partial charge is 0.328 e. The maximum absolute atomic E-state index is 16.4. The predicted molar refractivity (Wildman–Crippen MR) is 236 cm³/mol. The molecule has 3 aromatic heterocycles. The zero-order valence-electron chi connectivity index (χ0n) is 35.6. The Bertz CT molecular complexity index is 2500. The molecule has 16 nitrogen and oxygen atoms in total. The van der Waals surface area contributed by atoms with Crippen LogP contribution in [0.2, 0.25) is 0 Å². The summed E-state index contributed by atoms with van der Waals surface area (Å²) in [6.07, 6.45) is 6.74. The summed E-state index contributed by atoms with van der Waals surface area (Å²) >= 11 is 0. The first-order valence-corrected chi connectivity index (χ1v) is 21.7. The van der Waals surface area contributed by atoms with Crippen molar-refractivity contribution in [3.8, 4) is 22.8 Å². The average Bonchev–Trinajstić information content (AvgIpc) is 3.74. The lowest BCUT2D eigenvalue weighted by atomic mass is 9.88. The molecule has 4 amide bonds. The number of alkyl halides is 1. The number of methoxy groups -OCH3 is 2. The molecule has 4 aliphatic rings. The predicted octanol–water partition coefficient (Wildman–Crippen LogP) is 5.53. The number of ether oxygens (including phenoxy) is 2. The quantitative estimate of drug-likeness (QED) is 0.160. The minimum atomic E-state index is -1.38. The Balaban J connectivity index is 0.786. The molecular formula is C46H53FN10O6. The molecule has 4 fully saturated rings. The Labute approximate surface area is 364 Å². The molecular weight excluding hydrogens is 808 g/mol. The minimum Gasteiger partial charge on any atom is -0.507 e. The number of amides is 4. The summed E-state index contributed by atoms with van der Waals surface area (Å²) in [7, 11) is 3.26. The zero-order chi connectivity index (χ0) is 43.8. The maximum Gasteiger partial charge on any atom is 0.328 e. The number of piperidine rings is 3. The van der Waals surface area contributed by atoms with Crippen molar-refractivity contribution in [2.45, 2.75) is 62.3 Å². The molecule has 0 saturated carbocycles. The van der Waals surface area contributed by atoms with E-state index < -0.39 is 11.7 Å². The number of anilines is 3. The number of nitrogens with one attached hydrogen (secondary N) is 1. The number of hydrogen-bond donors (Lipinski definition) is 3. The van der Waals surface area contributed by atoms with Gasteiger partial charge in [-0.05, 0) is 61.2 Å². The molecule has 63 heavy (non-hydrogen) atoms. The molecule has 0 unspecified atom stereocenters. The van der Waals surface area contributed by atoms with Crippen LogP contribution >= 0.6 is 0 Å². The van der Waals surface area contributed by atoms with Crippen molar-refractivity contribution in [2.24, 2.45) is 0 Å². The third kappa shape index (κ3) is 8.46. The van der Waals surface area contributed by atoms with Crippen LogP contribution in [0.4, 0.5) is 26.4 Å². The van der Waals surface area contributed by atoms with Crippen LogP contribution < -0.4 is 25.6 Å². The first-order valence-electron chi connectivity index (χ1n) is 21.7. The van der Waals surface area contributed by atoms with E-state index in [1.807, 2.05) is 48.7 Å². The molecule has 17 heteroatoms. The topological polar surface area (TPSA) is 185 Å². The number of imide groups is 1. The van der Waals surface area contributed by atoms with Crippen molar-refractivity contribution >= 4 is 46.1 Å². The summed E-state index contributed by atoms with van der Waals surface area (Å²) in [5.74, 6) is 0.617. The van der Waals surface area contributed by atoms with Gasteiger partial charge in [0.25, 0.3) is 5.91 Å². The van der Waals surface area contributed by atoms with Crippen LogP contribution in [0.5, 0.6) is 11.5 Å². The Morgan fingerprint density at radius 2 is 1.73 bits per heavy atom. The molecule has 9 rings (SSSR count). The van der Waals surface area contributed by atoms with Gasteiger partial charge in [0, 0.05) is 108 Å². The van der Waals surface area contributed by atoms with Gasteiger partial charge in [-0.3, -0.25) is 19.8 Å². The van der Waals surface area contributed by atoms with E-state index >= 15 is 4.39 Å². The normalized spacial score (nSPS) is 21.2. The van der Waals surface area contributed by atoms with E-state index in [1.165, 1.54) is 4.90 Å². The highest BCUT2D eigenvalue weighted by molar-refractivity contribution is 6.07. The number of pyridine rings is 1. The van der Waals surface area contributed by atoms with Gasteiger partial charge in [-0.1, -0.05) is 24.3 Å². The van der Waals surface area contributed by atoms with Crippen LogP contribution in [0.3, 0.4) is 0 Å². The molecule has 2 aromatic carbocycles. The Kier molecular flexibility index (Phi) is 11.6. The van der Waals surface area contributed by atoms with Crippen LogP contribution in [0.15, 0.2) is 73.1 Å². The number of aromatic hydroxyl groups is 1. The molecule has 4 aliphatic heterocycles. The average molecular weight is 861 g/mol. The monoisotopic (exact) mass is 860 g/mol. The number of aromatic nitrogens is 4. The fourth-order valence-electron chi connectivity index (χ4n) is 9.80. The molecule has 4 N–H and O–H groups in total. The van der Waals surface area contributed by atoms with Crippen molar-refractivity contribution in [3.05, 3.63) is 84.2 Å². The number of halogens is 1. The highest BCUT2D eigenvalue weighted by Gasteiger charge is 2.39. The number of nitrogens with two attached hydrogens (primary N) is 1. The number of nitrogens with zero attached hydrogens (tertiary/aromatic N) is 8. The standard InChI is InChI=1S/C46H53FN10O6/c1-62-33-23-31(26-55(27-33)37-24-36(51-52-42(37)48)34-5-3-4-6-39(34)58)29-7-9-30(10-8-29)44(60)54-21-15-46(47,16-22-54)28-53-17-11-32(12-18-53)56-19-13-35-41(63-2)38(25-49-43(35)56)57-20-14-40(59)50-45(57)61/h3-10,13,19,24-25,31-33,58H,11-12,14-18,20-23,26-28H2,1-2H3,(H2,48,52)(H,50,59,61)/t31-,33+/m0/s1. The van der Waals surface area contributed by atoms with E-state index in [1.54, 1.807) is 43.5 Å². The van der Waals surface area contributed by atoms with E-state index in [4.69, 9.17) is 20.2 Å². The molecule has 0 aliphatic carbocycles. The number of carbonyl (C=O) groups is 3. The molecule has 0 bridgehead atoms. The van der Waals surface area contributed by atoms with E-state index in [9.17, 15) is 19.5 Å². The van der Waals surface area contributed by atoms with Gasteiger partial charge in [0.15, 0.2) is 11.6 Å². The third-order valence-corrected chi connectivity index (χ3v) is 13.3. The fourth-order valence-corrected chi connectivity index (χ4v) is 9.80. The van der Waals surface area contributed by atoms with Crippen LogP contribution in [-0.4, -0.2) is 131 Å². The first kappa shape index (κ1) is 42.0.